The van der Waals surface area contributed by atoms with Gasteiger partial charge in [0.25, 0.3) is 0 Å². The molecule has 1 aliphatic rings. The molecule has 1 rings (SSSR count). The number of amides is 1. The molecule has 1 unspecified atom stereocenters. The Balaban J connectivity index is 2.89. The maximum Gasteiger partial charge on any atom is 0.404 e. The summed E-state index contributed by atoms with van der Waals surface area (Å²) in [6.45, 7) is 0.445. The fraction of sp³-hybridized carbons (Fsp3) is 0.917. The molecule has 0 saturated carbocycles. The normalized spacial score (nSPS) is 23.1. The van der Waals surface area contributed by atoms with Gasteiger partial charge in [0.15, 0.2) is 5.41 Å². The summed E-state index contributed by atoms with van der Waals surface area (Å²) in [5.74, 6) is -0.899. The topological polar surface area (TPSA) is 50.8 Å². The number of nitrogens with one attached hydrogen (secondary N) is 1. The second kappa shape index (κ2) is 7.24. The minimum absolute atomic E-state index is 0.122. The highest BCUT2D eigenvalue weighted by Gasteiger charge is 2.62. The molecule has 0 aromatic rings. The van der Waals surface area contributed by atoms with E-state index >= 15 is 0 Å². The summed E-state index contributed by atoms with van der Waals surface area (Å²) in [6.07, 6.45) is -4.79. The van der Waals surface area contributed by atoms with Gasteiger partial charge in [-0.3, -0.25) is 4.79 Å². The van der Waals surface area contributed by atoms with Crippen LogP contribution in [0.25, 0.3) is 0 Å². The van der Waals surface area contributed by atoms with Crippen molar-refractivity contribution in [1.82, 2.24) is 10.2 Å². The standard InChI is InChI=1S/C12H21F3N2O3/c1-19-7-5-17(6-8-20-2)10(18)11(12(13,14)15)3-4-16-9-11/h16H,3-9H2,1-2H3. The third kappa shape index (κ3) is 3.62. The fourth-order valence-corrected chi connectivity index (χ4v) is 2.26. The van der Waals surface area contributed by atoms with Crippen LogP contribution >= 0.6 is 0 Å². The zero-order valence-electron chi connectivity index (χ0n) is 11.8. The highest BCUT2D eigenvalue weighted by Crippen LogP contribution is 2.44. The van der Waals surface area contributed by atoms with Crippen LogP contribution in [0.5, 0.6) is 0 Å². The third-order valence-electron chi connectivity index (χ3n) is 3.53. The highest BCUT2D eigenvalue weighted by atomic mass is 19.4. The number of carbonyl (C=O) groups excluding carboxylic acids is 1. The van der Waals surface area contributed by atoms with Crippen LogP contribution in [0, 0.1) is 5.41 Å². The van der Waals surface area contributed by atoms with Gasteiger partial charge in [-0.15, -0.1) is 0 Å². The molecule has 0 radical (unpaired) electrons. The van der Waals surface area contributed by atoms with Gasteiger partial charge in [-0.05, 0) is 13.0 Å². The summed E-state index contributed by atoms with van der Waals surface area (Å²) < 4.78 is 49.7. The van der Waals surface area contributed by atoms with E-state index in [2.05, 4.69) is 5.32 Å². The monoisotopic (exact) mass is 298 g/mol. The number of halogens is 3. The van der Waals surface area contributed by atoms with E-state index in [1.165, 1.54) is 19.1 Å². The molecule has 0 bridgehead atoms. The van der Waals surface area contributed by atoms with E-state index in [-0.39, 0.29) is 45.8 Å². The number of ether oxygens (including phenoxy) is 2. The minimum atomic E-state index is -4.56. The van der Waals surface area contributed by atoms with E-state index in [0.29, 0.717) is 0 Å². The Hall–Kier alpha value is -0.860. The lowest BCUT2D eigenvalue weighted by atomic mass is 9.84. The molecular weight excluding hydrogens is 277 g/mol. The Morgan fingerprint density at radius 1 is 1.25 bits per heavy atom. The van der Waals surface area contributed by atoms with Gasteiger partial charge in [0.1, 0.15) is 0 Å². The van der Waals surface area contributed by atoms with Crippen molar-refractivity contribution in [2.24, 2.45) is 5.41 Å². The molecule has 0 aliphatic carbocycles. The quantitative estimate of drug-likeness (QED) is 0.750. The van der Waals surface area contributed by atoms with Crippen LogP contribution in [0.4, 0.5) is 13.2 Å². The van der Waals surface area contributed by atoms with Crippen LogP contribution in [0.1, 0.15) is 6.42 Å². The summed E-state index contributed by atoms with van der Waals surface area (Å²) in [4.78, 5) is 13.6. The van der Waals surface area contributed by atoms with Gasteiger partial charge in [-0.1, -0.05) is 0 Å². The molecule has 5 nitrogen and oxygen atoms in total. The fourth-order valence-electron chi connectivity index (χ4n) is 2.26. The second-order valence-corrected chi connectivity index (χ2v) is 4.78. The van der Waals surface area contributed by atoms with E-state index in [0.717, 1.165) is 0 Å². The summed E-state index contributed by atoms with van der Waals surface area (Å²) in [7, 11) is 2.88. The molecule has 0 aromatic carbocycles. The Morgan fingerprint density at radius 2 is 1.80 bits per heavy atom. The molecule has 0 aromatic heterocycles. The Bertz CT molecular complexity index is 310. The van der Waals surface area contributed by atoms with Gasteiger partial charge in [-0.2, -0.15) is 13.2 Å². The van der Waals surface area contributed by atoms with Crippen molar-refractivity contribution in [3.05, 3.63) is 0 Å². The van der Waals surface area contributed by atoms with Gasteiger partial charge in [0.05, 0.1) is 13.2 Å². The molecular formula is C12H21F3N2O3. The lowest BCUT2D eigenvalue weighted by Gasteiger charge is -2.35. The van der Waals surface area contributed by atoms with E-state index in [9.17, 15) is 18.0 Å². The lowest BCUT2D eigenvalue weighted by molar-refractivity contribution is -0.222. The first kappa shape index (κ1) is 17.2. The minimum Gasteiger partial charge on any atom is -0.383 e. The molecule has 1 N–H and O–H groups in total. The number of hydrogen-bond acceptors (Lipinski definition) is 4. The Labute approximate surface area is 116 Å². The zero-order chi connectivity index (χ0) is 15.2. The number of methoxy groups -OCH3 is 2. The molecule has 1 atom stereocenters. The molecule has 1 heterocycles. The Kier molecular flexibility index (Phi) is 6.22. The summed E-state index contributed by atoms with van der Waals surface area (Å²) in [5, 5.41) is 2.64. The predicted octanol–water partition coefficient (Wildman–Crippen LogP) is 0.650. The van der Waals surface area contributed by atoms with Crippen molar-refractivity contribution < 1.29 is 27.4 Å². The van der Waals surface area contributed by atoms with Crippen LogP contribution in [0.15, 0.2) is 0 Å². The molecule has 0 spiro atoms. The zero-order valence-corrected chi connectivity index (χ0v) is 11.8. The van der Waals surface area contributed by atoms with Crippen LogP contribution in [-0.4, -0.2) is 70.6 Å². The smallest absolute Gasteiger partial charge is 0.383 e. The van der Waals surface area contributed by atoms with Crippen molar-refractivity contribution in [1.29, 1.82) is 0 Å². The van der Waals surface area contributed by atoms with Crippen LogP contribution in [0.3, 0.4) is 0 Å². The van der Waals surface area contributed by atoms with Crippen LogP contribution in [-0.2, 0) is 14.3 Å². The molecule has 1 saturated heterocycles. The summed E-state index contributed by atoms with van der Waals surface area (Å²) in [5.41, 5.74) is -2.32. The van der Waals surface area contributed by atoms with Gasteiger partial charge in [0.2, 0.25) is 5.91 Å². The van der Waals surface area contributed by atoms with Crippen LogP contribution in [0.2, 0.25) is 0 Å². The maximum absolute atomic E-state index is 13.3. The number of carbonyl (C=O) groups is 1. The number of hydrogen-bond donors (Lipinski definition) is 1. The van der Waals surface area contributed by atoms with Gasteiger partial charge < -0.3 is 19.7 Å². The lowest BCUT2D eigenvalue weighted by Crippen LogP contribution is -2.54. The van der Waals surface area contributed by atoms with Crippen molar-refractivity contribution in [2.75, 3.05) is 53.6 Å². The molecule has 1 fully saturated rings. The predicted molar refractivity (Wildman–Crippen MR) is 66.3 cm³/mol. The van der Waals surface area contributed by atoms with E-state index in [4.69, 9.17) is 9.47 Å². The average Bonchev–Trinajstić information content (AvgIpc) is 2.88. The van der Waals surface area contributed by atoms with E-state index in [1.807, 2.05) is 0 Å². The van der Waals surface area contributed by atoms with Gasteiger partial charge in [0, 0.05) is 33.9 Å². The number of alkyl halides is 3. The molecule has 118 valence electrons. The first-order valence-electron chi connectivity index (χ1n) is 6.44. The van der Waals surface area contributed by atoms with E-state index < -0.39 is 17.5 Å². The average molecular weight is 298 g/mol. The van der Waals surface area contributed by atoms with Crippen molar-refractivity contribution >= 4 is 5.91 Å². The largest absolute Gasteiger partial charge is 0.404 e. The first-order valence-corrected chi connectivity index (χ1v) is 6.44. The molecule has 1 amide bonds. The number of nitrogens with zero attached hydrogens (tertiary/aromatic N) is 1. The van der Waals surface area contributed by atoms with Crippen LogP contribution < -0.4 is 5.32 Å². The highest BCUT2D eigenvalue weighted by molar-refractivity contribution is 5.84. The maximum atomic E-state index is 13.3. The summed E-state index contributed by atoms with van der Waals surface area (Å²) >= 11 is 0. The van der Waals surface area contributed by atoms with Gasteiger partial charge >= 0.3 is 6.18 Å². The molecule has 20 heavy (non-hydrogen) atoms. The third-order valence-corrected chi connectivity index (χ3v) is 3.53. The molecule has 8 heteroatoms. The van der Waals surface area contributed by atoms with Crippen molar-refractivity contribution in [3.63, 3.8) is 0 Å². The Morgan fingerprint density at radius 3 is 2.15 bits per heavy atom. The van der Waals surface area contributed by atoms with E-state index in [1.54, 1.807) is 0 Å². The number of rotatable bonds is 7. The van der Waals surface area contributed by atoms with Crippen molar-refractivity contribution in [2.45, 2.75) is 12.6 Å². The van der Waals surface area contributed by atoms with Gasteiger partial charge in [-0.25, -0.2) is 0 Å². The SMILES string of the molecule is COCCN(CCOC)C(=O)C1(C(F)(F)F)CCNC1. The summed E-state index contributed by atoms with van der Waals surface area (Å²) in [6, 6.07) is 0. The van der Waals surface area contributed by atoms with Crippen molar-refractivity contribution in [3.8, 4) is 0 Å². The first-order chi connectivity index (χ1) is 9.39. The molecule has 1 aliphatic heterocycles. The second-order valence-electron chi connectivity index (χ2n) is 4.78.